The Labute approximate surface area is 121 Å². The zero-order valence-corrected chi connectivity index (χ0v) is 11.7. The molecule has 0 bridgehead atoms. The van der Waals surface area contributed by atoms with E-state index in [-0.39, 0.29) is 10.6 Å². The summed E-state index contributed by atoms with van der Waals surface area (Å²) in [6.45, 7) is 3.97. The first-order valence-corrected chi connectivity index (χ1v) is 6.82. The molecule has 0 aliphatic carbocycles. The van der Waals surface area contributed by atoms with Crippen LogP contribution >= 0.6 is 0 Å². The quantitative estimate of drug-likeness (QED) is 0.475. The fourth-order valence-electron chi connectivity index (χ4n) is 2.77. The predicted molar refractivity (Wildman–Crippen MR) is 74.9 cm³/mol. The maximum atomic E-state index is 11.3. The topological polar surface area (TPSA) is 81.9 Å². The summed E-state index contributed by atoms with van der Waals surface area (Å²) in [5, 5.41) is 11.3. The second kappa shape index (κ2) is 5.00. The Morgan fingerprint density at radius 1 is 1.38 bits per heavy atom. The smallest absolute Gasteiger partial charge is 0.293 e. The molecule has 1 unspecified atom stereocenters. The number of benzene rings is 1. The number of carbonyl (C=O) groups excluding carboxylic acids is 1. The number of nitro benzene ring substituents is 1. The van der Waals surface area contributed by atoms with Gasteiger partial charge in [0, 0.05) is 37.2 Å². The Balaban J connectivity index is 2.02. The highest BCUT2D eigenvalue weighted by atomic mass is 16.6. The van der Waals surface area contributed by atoms with Crippen molar-refractivity contribution < 1.29 is 19.2 Å². The molecular weight excluding hydrogens is 276 g/mol. The van der Waals surface area contributed by atoms with Crippen molar-refractivity contribution >= 4 is 17.7 Å². The summed E-state index contributed by atoms with van der Waals surface area (Å²) in [6, 6.07) is 3.20. The molecule has 0 saturated carbocycles. The van der Waals surface area contributed by atoms with Gasteiger partial charge in [0.2, 0.25) is 0 Å². The molecule has 7 heteroatoms. The third kappa shape index (κ3) is 2.44. The van der Waals surface area contributed by atoms with E-state index in [0.29, 0.717) is 49.7 Å². The second-order valence-electron chi connectivity index (χ2n) is 5.51. The average Bonchev–Trinajstić information content (AvgIpc) is 2.83. The van der Waals surface area contributed by atoms with Gasteiger partial charge < -0.3 is 14.4 Å². The first kappa shape index (κ1) is 13.8. The molecule has 1 saturated heterocycles. The summed E-state index contributed by atoms with van der Waals surface area (Å²) in [5.41, 5.74) is 0.347. The number of fused-ring (bicyclic) bond motifs is 1. The van der Waals surface area contributed by atoms with Crippen LogP contribution in [0.15, 0.2) is 12.1 Å². The van der Waals surface area contributed by atoms with Crippen molar-refractivity contribution in [1.29, 1.82) is 0 Å². The molecule has 2 aliphatic heterocycles. The molecule has 3 rings (SSSR count). The number of carbonyl (C=O) groups is 1. The Morgan fingerprint density at radius 2 is 2.10 bits per heavy atom. The maximum absolute atomic E-state index is 11.3. The van der Waals surface area contributed by atoms with Gasteiger partial charge in [0.1, 0.15) is 11.4 Å². The molecule has 0 N–H and O–H groups in total. The van der Waals surface area contributed by atoms with Crippen LogP contribution in [0.4, 0.5) is 11.4 Å². The van der Waals surface area contributed by atoms with Crippen LogP contribution < -0.4 is 9.64 Å². The number of rotatable bonds is 3. The standard InChI is InChI=1S/C14H16N2O5/c1-14(9-17)8-10-6-12(16(18)19)11(7-13(10)21-14)15-2-4-20-5-3-15/h6-7,9H,2-5,8H2,1H3. The van der Waals surface area contributed by atoms with Crippen LogP contribution in [-0.2, 0) is 16.0 Å². The van der Waals surface area contributed by atoms with Gasteiger partial charge in [0.15, 0.2) is 11.9 Å². The number of morpholine rings is 1. The number of hydrogen-bond acceptors (Lipinski definition) is 6. The molecule has 0 spiro atoms. The number of aldehydes is 1. The normalized spacial score (nSPS) is 24.3. The summed E-state index contributed by atoms with van der Waals surface area (Å²) in [6.07, 6.45) is 1.10. The average molecular weight is 292 g/mol. The summed E-state index contributed by atoms with van der Waals surface area (Å²) in [5.74, 6) is 0.552. The summed E-state index contributed by atoms with van der Waals surface area (Å²) in [4.78, 5) is 24.0. The van der Waals surface area contributed by atoms with Gasteiger partial charge in [0.25, 0.3) is 5.69 Å². The van der Waals surface area contributed by atoms with Crippen LogP contribution in [0.25, 0.3) is 0 Å². The fourth-order valence-corrected chi connectivity index (χ4v) is 2.77. The minimum atomic E-state index is -0.931. The van der Waals surface area contributed by atoms with Crippen molar-refractivity contribution in [2.75, 3.05) is 31.2 Å². The molecule has 7 nitrogen and oxygen atoms in total. The molecule has 2 aliphatic rings. The van der Waals surface area contributed by atoms with Gasteiger partial charge in [0.05, 0.1) is 18.1 Å². The maximum Gasteiger partial charge on any atom is 0.293 e. The van der Waals surface area contributed by atoms with Gasteiger partial charge >= 0.3 is 0 Å². The molecular formula is C14H16N2O5. The number of anilines is 1. The first-order valence-electron chi connectivity index (χ1n) is 6.82. The summed E-state index contributed by atoms with van der Waals surface area (Å²) >= 11 is 0. The summed E-state index contributed by atoms with van der Waals surface area (Å²) < 4.78 is 10.9. The van der Waals surface area contributed by atoms with Crippen molar-refractivity contribution in [2.24, 2.45) is 0 Å². The SMILES string of the molecule is CC1(C=O)Cc2cc([N+](=O)[O-])c(N3CCOCC3)cc2O1. The predicted octanol–water partition coefficient (Wildman–Crippen LogP) is 1.32. The van der Waals surface area contributed by atoms with Crippen molar-refractivity contribution in [3.63, 3.8) is 0 Å². The number of nitro groups is 1. The molecule has 1 aromatic carbocycles. The van der Waals surface area contributed by atoms with Crippen LogP contribution in [0.2, 0.25) is 0 Å². The van der Waals surface area contributed by atoms with Gasteiger partial charge in [-0.05, 0) is 6.92 Å². The van der Waals surface area contributed by atoms with Crippen LogP contribution in [0.5, 0.6) is 5.75 Å². The highest BCUT2D eigenvalue weighted by molar-refractivity contribution is 5.72. The molecule has 2 heterocycles. The van der Waals surface area contributed by atoms with Crippen LogP contribution in [0.3, 0.4) is 0 Å². The van der Waals surface area contributed by atoms with Crippen LogP contribution in [-0.4, -0.2) is 43.1 Å². The van der Waals surface area contributed by atoms with Gasteiger partial charge in [-0.15, -0.1) is 0 Å². The van der Waals surface area contributed by atoms with E-state index in [1.54, 1.807) is 13.0 Å². The summed E-state index contributed by atoms with van der Waals surface area (Å²) in [7, 11) is 0. The van der Waals surface area contributed by atoms with Crippen LogP contribution in [0.1, 0.15) is 12.5 Å². The van der Waals surface area contributed by atoms with E-state index in [2.05, 4.69) is 0 Å². The molecule has 1 fully saturated rings. The minimum absolute atomic E-state index is 0.0504. The lowest BCUT2D eigenvalue weighted by atomic mass is 10.0. The Hall–Kier alpha value is -2.15. The monoisotopic (exact) mass is 292 g/mol. The van der Waals surface area contributed by atoms with Gasteiger partial charge in [-0.3, -0.25) is 14.9 Å². The van der Waals surface area contributed by atoms with E-state index in [0.717, 1.165) is 6.29 Å². The molecule has 1 aromatic rings. The zero-order valence-electron chi connectivity index (χ0n) is 11.7. The lowest BCUT2D eigenvalue weighted by Crippen LogP contribution is -2.36. The highest BCUT2D eigenvalue weighted by Crippen LogP contribution is 2.42. The van der Waals surface area contributed by atoms with E-state index in [1.165, 1.54) is 6.07 Å². The molecule has 1 atom stereocenters. The van der Waals surface area contributed by atoms with Crippen LogP contribution in [0, 0.1) is 10.1 Å². The Bertz CT molecular complexity index is 597. The van der Waals surface area contributed by atoms with Crippen molar-refractivity contribution in [3.8, 4) is 5.75 Å². The number of nitrogens with zero attached hydrogens (tertiary/aromatic N) is 2. The molecule has 0 amide bonds. The highest BCUT2D eigenvalue weighted by Gasteiger charge is 2.37. The second-order valence-corrected chi connectivity index (χ2v) is 5.51. The van der Waals surface area contributed by atoms with E-state index in [9.17, 15) is 14.9 Å². The third-order valence-corrected chi connectivity index (χ3v) is 3.84. The van der Waals surface area contributed by atoms with E-state index in [4.69, 9.17) is 9.47 Å². The largest absolute Gasteiger partial charge is 0.479 e. The molecule has 112 valence electrons. The number of hydrogen-bond donors (Lipinski definition) is 0. The van der Waals surface area contributed by atoms with Crippen molar-refractivity contribution in [2.45, 2.75) is 18.9 Å². The van der Waals surface area contributed by atoms with E-state index < -0.39 is 5.60 Å². The van der Waals surface area contributed by atoms with E-state index in [1.807, 2.05) is 4.90 Å². The third-order valence-electron chi connectivity index (χ3n) is 3.84. The Kier molecular flexibility index (Phi) is 3.29. The molecule has 0 aromatic heterocycles. The Morgan fingerprint density at radius 3 is 2.71 bits per heavy atom. The van der Waals surface area contributed by atoms with Gasteiger partial charge in [-0.2, -0.15) is 0 Å². The van der Waals surface area contributed by atoms with Gasteiger partial charge in [-0.25, -0.2) is 0 Å². The number of ether oxygens (including phenoxy) is 2. The zero-order chi connectivity index (χ0) is 15.0. The molecule has 21 heavy (non-hydrogen) atoms. The minimum Gasteiger partial charge on any atom is -0.479 e. The fraction of sp³-hybridized carbons (Fsp3) is 0.500. The van der Waals surface area contributed by atoms with E-state index >= 15 is 0 Å². The van der Waals surface area contributed by atoms with Crippen molar-refractivity contribution in [1.82, 2.24) is 0 Å². The lowest BCUT2D eigenvalue weighted by Gasteiger charge is -2.28. The first-order chi connectivity index (χ1) is 10.0. The lowest BCUT2D eigenvalue weighted by molar-refractivity contribution is -0.384. The van der Waals surface area contributed by atoms with Gasteiger partial charge in [-0.1, -0.05) is 0 Å². The molecule has 0 radical (unpaired) electrons. The van der Waals surface area contributed by atoms with Crippen molar-refractivity contribution in [3.05, 3.63) is 27.8 Å².